The summed E-state index contributed by atoms with van der Waals surface area (Å²) in [5, 5.41) is 0. The minimum Gasteiger partial charge on any atom is -0.380 e. The van der Waals surface area contributed by atoms with Crippen LogP contribution in [0.2, 0.25) is 0 Å². The first-order chi connectivity index (χ1) is 8.33. The number of rotatable bonds is 5. The largest absolute Gasteiger partial charge is 0.380 e. The average Bonchev–Trinajstić information content (AvgIpc) is 2.29. The van der Waals surface area contributed by atoms with Crippen molar-refractivity contribution in [1.82, 2.24) is 9.21 Å². The molecule has 0 heterocycles. The quantitative estimate of drug-likeness (QED) is 0.812. The molecule has 0 radical (unpaired) electrons. The molecule has 18 heavy (non-hydrogen) atoms. The first-order valence-electron chi connectivity index (χ1n) is 5.66. The molecule has 5 heteroatoms. The summed E-state index contributed by atoms with van der Waals surface area (Å²) in [6.07, 6.45) is 1.89. The van der Waals surface area contributed by atoms with Crippen molar-refractivity contribution in [3.63, 3.8) is 0 Å². The van der Waals surface area contributed by atoms with Crippen LogP contribution in [0.3, 0.4) is 0 Å². The van der Waals surface area contributed by atoms with Gasteiger partial charge in [0.1, 0.15) is 5.75 Å². The Kier molecular flexibility index (Phi) is 4.93. The lowest BCUT2D eigenvalue weighted by Gasteiger charge is -2.20. The standard InChI is InChI=1S/C13H20N2O2S/c1-14(2)13(11-18(16,17)15(3)4)10-12-8-6-5-7-9-12/h5-10H,11H2,1-4H3/b13-10+. The van der Waals surface area contributed by atoms with E-state index in [0.717, 1.165) is 11.3 Å². The lowest BCUT2D eigenvalue weighted by Crippen LogP contribution is -2.29. The van der Waals surface area contributed by atoms with E-state index in [-0.39, 0.29) is 5.75 Å². The molecule has 0 saturated carbocycles. The van der Waals surface area contributed by atoms with E-state index in [1.165, 1.54) is 4.31 Å². The van der Waals surface area contributed by atoms with Crippen molar-refractivity contribution in [2.24, 2.45) is 0 Å². The molecule has 1 aromatic rings. The second-order valence-electron chi connectivity index (χ2n) is 4.48. The SMILES string of the molecule is CN(C)/C(=C/c1ccccc1)CS(=O)(=O)N(C)C. The van der Waals surface area contributed by atoms with Crippen molar-refractivity contribution in [1.29, 1.82) is 0 Å². The van der Waals surface area contributed by atoms with E-state index in [1.807, 2.05) is 55.4 Å². The smallest absolute Gasteiger partial charge is 0.219 e. The fourth-order valence-corrected chi connectivity index (χ4v) is 2.33. The third kappa shape index (κ3) is 4.16. The summed E-state index contributed by atoms with van der Waals surface area (Å²) in [6.45, 7) is 0. The van der Waals surface area contributed by atoms with Crippen LogP contribution in [0.5, 0.6) is 0 Å². The van der Waals surface area contributed by atoms with Crippen LogP contribution in [0.25, 0.3) is 6.08 Å². The van der Waals surface area contributed by atoms with Crippen molar-refractivity contribution in [3.05, 3.63) is 41.6 Å². The summed E-state index contributed by atoms with van der Waals surface area (Å²) in [7, 11) is 3.55. The third-order valence-corrected chi connectivity index (χ3v) is 4.37. The molecule has 0 aliphatic heterocycles. The topological polar surface area (TPSA) is 40.6 Å². The summed E-state index contributed by atoms with van der Waals surface area (Å²) in [5.74, 6) is 0.00188. The second kappa shape index (κ2) is 6.02. The van der Waals surface area contributed by atoms with Crippen molar-refractivity contribution < 1.29 is 8.42 Å². The molecule has 0 unspecified atom stereocenters. The van der Waals surface area contributed by atoms with E-state index >= 15 is 0 Å². The Labute approximate surface area is 110 Å². The molecular formula is C13H20N2O2S. The highest BCUT2D eigenvalue weighted by Gasteiger charge is 2.17. The Balaban J connectivity index is 3.02. The van der Waals surface area contributed by atoms with Crippen LogP contribution >= 0.6 is 0 Å². The van der Waals surface area contributed by atoms with Crippen LogP contribution in [0.4, 0.5) is 0 Å². The summed E-state index contributed by atoms with van der Waals surface area (Å²) < 4.78 is 25.0. The highest BCUT2D eigenvalue weighted by molar-refractivity contribution is 7.89. The molecule has 100 valence electrons. The van der Waals surface area contributed by atoms with Gasteiger partial charge in [-0.3, -0.25) is 0 Å². The number of sulfonamides is 1. The Morgan fingerprint density at radius 2 is 1.67 bits per heavy atom. The zero-order valence-corrected chi connectivity index (χ0v) is 12.1. The Morgan fingerprint density at radius 1 is 1.11 bits per heavy atom. The van der Waals surface area contributed by atoms with Gasteiger partial charge in [-0.15, -0.1) is 0 Å². The molecular weight excluding hydrogens is 248 g/mol. The molecule has 0 fully saturated rings. The van der Waals surface area contributed by atoms with Gasteiger partial charge in [0.05, 0.1) is 0 Å². The number of nitrogens with zero attached hydrogens (tertiary/aromatic N) is 2. The lowest BCUT2D eigenvalue weighted by molar-refractivity contribution is 0.494. The van der Waals surface area contributed by atoms with Crippen LogP contribution in [0, 0.1) is 0 Å². The Hall–Kier alpha value is -1.33. The van der Waals surface area contributed by atoms with E-state index in [2.05, 4.69) is 0 Å². The van der Waals surface area contributed by atoms with E-state index in [4.69, 9.17) is 0 Å². The van der Waals surface area contributed by atoms with Gasteiger partial charge in [-0.1, -0.05) is 30.3 Å². The van der Waals surface area contributed by atoms with Crippen LogP contribution < -0.4 is 0 Å². The molecule has 0 aromatic heterocycles. The molecule has 0 amide bonds. The van der Waals surface area contributed by atoms with Gasteiger partial charge in [0, 0.05) is 33.9 Å². The second-order valence-corrected chi connectivity index (χ2v) is 6.66. The third-order valence-electron chi connectivity index (χ3n) is 2.59. The summed E-state index contributed by atoms with van der Waals surface area (Å²) in [5.41, 5.74) is 1.75. The van der Waals surface area contributed by atoms with Crippen LogP contribution in [0.15, 0.2) is 36.0 Å². The lowest BCUT2D eigenvalue weighted by atomic mass is 10.2. The fraction of sp³-hybridized carbons (Fsp3) is 0.385. The normalized spacial score (nSPS) is 12.8. The molecule has 0 aliphatic carbocycles. The maximum absolute atomic E-state index is 11.9. The van der Waals surface area contributed by atoms with Gasteiger partial charge < -0.3 is 4.90 Å². The fourth-order valence-electron chi connectivity index (χ4n) is 1.36. The number of hydrogen-bond donors (Lipinski definition) is 0. The van der Waals surface area contributed by atoms with Gasteiger partial charge in [-0.25, -0.2) is 12.7 Å². The minimum atomic E-state index is -3.24. The van der Waals surface area contributed by atoms with Crippen molar-refractivity contribution in [3.8, 4) is 0 Å². The summed E-state index contributed by atoms with van der Waals surface area (Å²) in [6, 6.07) is 9.69. The molecule has 0 N–H and O–H groups in total. The minimum absolute atomic E-state index is 0.00188. The van der Waals surface area contributed by atoms with E-state index < -0.39 is 10.0 Å². The maximum atomic E-state index is 11.9. The van der Waals surface area contributed by atoms with Crippen LogP contribution in [-0.2, 0) is 10.0 Å². The first-order valence-corrected chi connectivity index (χ1v) is 7.27. The number of benzene rings is 1. The van der Waals surface area contributed by atoms with E-state index in [0.29, 0.717) is 0 Å². The van der Waals surface area contributed by atoms with Gasteiger partial charge in [0.15, 0.2) is 0 Å². The predicted octanol–water partition coefficient (Wildman–Crippen LogP) is 1.48. The zero-order chi connectivity index (χ0) is 13.8. The molecule has 0 saturated heterocycles. The Morgan fingerprint density at radius 3 is 2.11 bits per heavy atom. The van der Waals surface area contributed by atoms with Gasteiger partial charge in [-0.2, -0.15) is 0 Å². The molecule has 0 bridgehead atoms. The maximum Gasteiger partial charge on any atom is 0.219 e. The molecule has 4 nitrogen and oxygen atoms in total. The molecule has 1 aromatic carbocycles. The Bertz CT molecular complexity index is 505. The number of hydrogen-bond acceptors (Lipinski definition) is 3. The van der Waals surface area contributed by atoms with Crippen molar-refractivity contribution in [2.45, 2.75) is 0 Å². The summed E-state index contributed by atoms with van der Waals surface area (Å²) in [4.78, 5) is 1.83. The molecule has 0 atom stereocenters. The average molecular weight is 268 g/mol. The van der Waals surface area contributed by atoms with Gasteiger partial charge in [0.25, 0.3) is 0 Å². The van der Waals surface area contributed by atoms with Gasteiger partial charge >= 0.3 is 0 Å². The van der Waals surface area contributed by atoms with Crippen LogP contribution in [-0.4, -0.2) is 51.6 Å². The predicted molar refractivity (Wildman–Crippen MR) is 75.6 cm³/mol. The monoisotopic (exact) mass is 268 g/mol. The van der Waals surface area contributed by atoms with E-state index in [1.54, 1.807) is 14.1 Å². The molecule has 0 aliphatic rings. The first kappa shape index (κ1) is 14.7. The highest BCUT2D eigenvalue weighted by Crippen LogP contribution is 2.12. The van der Waals surface area contributed by atoms with Gasteiger partial charge in [0.2, 0.25) is 10.0 Å². The van der Waals surface area contributed by atoms with Gasteiger partial charge in [-0.05, 0) is 11.6 Å². The van der Waals surface area contributed by atoms with Crippen LogP contribution in [0.1, 0.15) is 5.56 Å². The van der Waals surface area contributed by atoms with Crippen molar-refractivity contribution in [2.75, 3.05) is 33.9 Å². The molecule has 1 rings (SSSR count). The molecule has 0 spiro atoms. The van der Waals surface area contributed by atoms with Crippen molar-refractivity contribution >= 4 is 16.1 Å². The highest BCUT2D eigenvalue weighted by atomic mass is 32.2. The van der Waals surface area contributed by atoms with E-state index in [9.17, 15) is 8.42 Å². The zero-order valence-electron chi connectivity index (χ0n) is 11.3. The summed E-state index contributed by atoms with van der Waals surface area (Å²) >= 11 is 0.